The first kappa shape index (κ1) is 17.9. The van der Waals surface area contributed by atoms with Crippen molar-refractivity contribution in [1.82, 2.24) is 10.6 Å². The van der Waals surface area contributed by atoms with Crippen molar-refractivity contribution in [2.75, 3.05) is 7.05 Å². The molecule has 2 aromatic rings. The third kappa shape index (κ3) is 4.60. The number of carbonyl (C=O) groups is 2. The summed E-state index contributed by atoms with van der Waals surface area (Å²) in [5, 5.41) is 5.72. The summed E-state index contributed by atoms with van der Waals surface area (Å²) in [5.41, 5.74) is 3.86. The minimum absolute atomic E-state index is 0.0726. The molecule has 2 aromatic carbocycles. The third-order valence-corrected chi connectivity index (χ3v) is 4.65. The predicted octanol–water partition coefficient (Wildman–Crippen LogP) is 3.64. The number of carbonyl (C=O) groups excluding carboxylic acids is 2. The molecule has 2 amide bonds. The van der Waals surface area contributed by atoms with E-state index >= 15 is 0 Å². The molecule has 0 radical (unpaired) electrons. The molecule has 4 heteroatoms. The molecule has 1 saturated carbocycles. The predicted molar refractivity (Wildman–Crippen MR) is 104 cm³/mol. The van der Waals surface area contributed by atoms with Crippen molar-refractivity contribution < 1.29 is 9.59 Å². The number of aryl methyl sites for hydroxylation is 1. The molecule has 26 heavy (non-hydrogen) atoms. The van der Waals surface area contributed by atoms with E-state index in [4.69, 9.17) is 0 Å². The Labute approximate surface area is 154 Å². The molecular formula is C22H24N2O2. The van der Waals surface area contributed by atoms with Crippen LogP contribution in [-0.4, -0.2) is 18.9 Å². The monoisotopic (exact) mass is 348 g/mol. The van der Waals surface area contributed by atoms with E-state index in [1.807, 2.05) is 12.1 Å². The van der Waals surface area contributed by atoms with Gasteiger partial charge < -0.3 is 10.6 Å². The number of nitrogens with one attached hydrogen (secondary N) is 2. The van der Waals surface area contributed by atoms with Gasteiger partial charge in [-0.25, -0.2) is 0 Å². The summed E-state index contributed by atoms with van der Waals surface area (Å²) in [6.07, 6.45) is 5.63. The Kier molecular flexibility index (Phi) is 5.52. The number of hydrogen-bond donors (Lipinski definition) is 2. The topological polar surface area (TPSA) is 58.2 Å². The fourth-order valence-corrected chi connectivity index (χ4v) is 2.94. The van der Waals surface area contributed by atoms with Crippen molar-refractivity contribution in [3.8, 4) is 0 Å². The largest absolute Gasteiger partial charge is 0.355 e. The Hall–Kier alpha value is -2.88. The molecule has 0 bridgehead atoms. The number of hydrogen-bond acceptors (Lipinski definition) is 2. The van der Waals surface area contributed by atoms with E-state index in [9.17, 15) is 9.59 Å². The van der Waals surface area contributed by atoms with Gasteiger partial charge in [0.15, 0.2) is 0 Å². The van der Waals surface area contributed by atoms with Gasteiger partial charge in [0.05, 0.1) is 6.04 Å². The molecule has 1 aliphatic carbocycles. The lowest BCUT2D eigenvalue weighted by atomic mass is 10.0. The maximum atomic E-state index is 12.4. The van der Waals surface area contributed by atoms with Gasteiger partial charge in [0, 0.05) is 18.7 Å². The van der Waals surface area contributed by atoms with E-state index in [0.29, 0.717) is 11.5 Å². The Balaban J connectivity index is 1.64. The zero-order chi connectivity index (χ0) is 18.5. The SMILES string of the molecule is CNC(=O)c1ccc(/C=C/C(=O)NC(c2ccc(C)cc2)C2CC2)cc1. The van der Waals surface area contributed by atoms with Crippen molar-refractivity contribution in [1.29, 1.82) is 0 Å². The van der Waals surface area contributed by atoms with Crippen LogP contribution in [0.4, 0.5) is 0 Å². The van der Waals surface area contributed by atoms with Crippen LogP contribution in [0.1, 0.15) is 45.9 Å². The molecule has 0 spiro atoms. The van der Waals surface area contributed by atoms with Gasteiger partial charge in [-0.3, -0.25) is 9.59 Å². The Morgan fingerprint density at radius 2 is 1.69 bits per heavy atom. The minimum atomic E-state index is -0.122. The van der Waals surface area contributed by atoms with Gasteiger partial charge in [0.1, 0.15) is 0 Å². The van der Waals surface area contributed by atoms with Gasteiger partial charge in [-0.2, -0.15) is 0 Å². The van der Waals surface area contributed by atoms with Crippen LogP contribution in [0.5, 0.6) is 0 Å². The van der Waals surface area contributed by atoms with E-state index in [2.05, 4.69) is 41.8 Å². The summed E-state index contributed by atoms with van der Waals surface area (Å²) in [6, 6.07) is 15.6. The highest BCUT2D eigenvalue weighted by molar-refractivity contribution is 5.95. The first-order valence-electron chi connectivity index (χ1n) is 8.94. The molecule has 0 aliphatic heterocycles. The van der Waals surface area contributed by atoms with Gasteiger partial charge in [-0.15, -0.1) is 0 Å². The first-order chi connectivity index (χ1) is 12.6. The third-order valence-electron chi connectivity index (χ3n) is 4.65. The van der Waals surface area contributed by atoms with Crippen LogP contribution in [0.15, 0.2) is 54.6 Å². The van der Waals surface area contributed by atoms with E-state index in [1.54, 1.807) is 31.3 Å². The second kappa shape index (κ2) is 8.00. The summed E-state index contributed by atoms with van der Waals surface area (Å²) < 4.78 is 0. The lowest BCUT2D eigenvalue weighted by molar-refractivity contribution is -0.117. The lowest BCUT2D eigenvalue weighted by Crippen LogP contribution is -2.28. The van der Waals surface area contributed by atoms with Gasteiger partial charge in [0.25, 0.3) is 5.91 Å². The fourth-order valence-electron chi connectivity index (χ4n) is 2.94. The standard InChI is InChI=1S/C22H24N2O2/c1-15-3-8-17(9-4-15)21(18-12-13-18)24-20(25)14-7-16-5-10-19(11-6-16)22(26)23-2/h3-11,14,18,21H,12-13H2,1-2H3,(H,23,26)(H,24,25)/b14-7+. The summed E-state index contributed by atoms with van der Waals surface area (Å²) >= 11 is 0. The summed E-state index contributed by atoms with van der Waals surface area (Å²) in [6.45, 7) is 2.06. The average molecular weight is 348 g/mol. The maximum Gasteiger partial charge on any atom is 0.251 e. The van der Waals surface area contributed by atoms with Crippen molar-refractivity contribution in [3.63, 3.8) is 0 Å². The summed E-state index contributed by atoms with van der Waals surface area (Å²) in [5.74, 6) is 0.309. The molecule has 2 N–H and O–H groups in total. The Bertz CT molecular complexity index is 803. The molecule has 3 rings (SSSR count). The molecular weight excluding hydrogens is 324 g/mol. The van der Waals surface area contributed by atoms with E-state index in [0.717, 1.165) is 24.0 Å². The van der Waals surface area contributed by atoms with E-state index in [-0.39, 0.29) is 17.9 Å². The van der Waals surface area contributed by atoms with Crippen molar-refractivity contribution >= 4 is 17.9 Å². The molecule has 1 unspecified atom stereocenters. The number of benzene rings is 2. The van der Waals surface area contributed by atoms with Crippen molar-refractivity contribution in [2.24, 2.45) is 5.92 Å². The van der Waals surface area contributed by atoms with Crippen LogP contribution in [-0.2, 0) is 4.79 Å². The number of amides is 2. The highest BCUT2D eigenvalue weighted by Crippen LogP contribution is 2.41. The molecule has 0 saturated heterocycles. The molecule has 0 heterocycles. The lowest BCUT2D eigenvalue weighted by Gasteiger charge is -2.18. The quantitative estimate of drug-likeness (QED) is 0.783. The van der Waals surface area contributed by atoms with Crippen LogP contribution in [0.25, 0.3) is 6.08 Å². The highest BCUT2D eigenvalue weighted by atomic mass is 16.2. The second-order valence-electron chi connectivity index (χ2n) is 6.77. The van der Waals surface area contributed by atoms with Crippen LogP contribution in [0.3, 0.4) is 0 Å². The zero-order valence-corrected chi connectivity index (χ0v) is 15.2. The second-order valence-corrected chi connectivity index (χ2v) is 6.77. The van der Waals surface area contributed by atoms with Crippen LogP contribution < -0.4 is 10.6 Å². The smallest absolute Gasteiger partial charge is 0.251 e. The van der Waals surface area contributed by atoms with Crippen molar-refractivity contribution in [2.45, 2.75) is 25.8 Å². The number of rotatable bonds is 6. The van der Waals surface area contributed by atoms with E-state index < -0.39 is 0 Å². The Morgan fingerprint density at radius 3 is 2.27 bits per heavy atom. The molecule has 1 atom stereocenters. The van der Waals surface area contributed by atoms with Crippen LogP contribution in [0, 0.1) is 12.8 Å². The molecule has 1 aliphatic rings. The summed E-state index contributed by atoms with van der Waals surface area (Å²) in [4.78, 5) is 23.9. The average Bonchev–Trinajstić information content (AvgIpc) is 3.50. The highest BCUT2D eigenvalue weighted by Gasteiger charge is 2.32. The van der Waals surface area contributed by atoms with Crippen molar-refractivity contribution in [3.05, 3.63) is 76.9 Å². The van der Waals surface area contributed by atoms with Crippen LogP contribution in [0.2, 0.25) is 0 Å². The molecule has 1 fully saturated rings. The van der Waals surface area contributed by atoms with Gasteiger partial charge in [-0.05, 0) is 55.0 Å². The molecule has 4 nitrogen and oxygen atoms in total. The first-order valence-corrected chi connectivity index (χ1v) is 8.94. The minimum Gasteiger partial charge on any atom is -0.355 e. The normalized spacial score (nSPS) is 14.8. The van der Waals surface area contributed by atoms with Gasteiger partial charge in [-0.1, -0.05) is 42.0 Å². The molecule has 0 aromatic heterocycles. The van der Waals surface area contributed by atoms with Crippen LogP contribution >= 0.6 is 0 Å². The zero-order valence-electron chi connectivity index (χ0n) is 15.2. The Morgan fingerprint density at radius 1 is 1.04 bits per heavy atom. The van der Waals surface area contributed by atoms with E-state index in [1.165, 1.54) is 5.56 Å². The van der Waals surface area contributed by atoms with Gasteiger partial charge in [0.2, 0.25) is 5.91 Å². The molecule has 134 valence electrons. The van der Waals surface area contributed by atoms with Gasteiger partial charge >= 0.3 is 0 Å². The maximum absolute atomic E-state index is 12.4. The fraction of sp³-hybridized carbons (Fsp3) is 0.273. The summed E-state index contributed by atoms with van der Waals surface area (Å²) in [7, 11) is 1.60.